The summed E-state index contributed by atoms with van der Waals surface area (Å²) in [5, 5.41) is 8.24. The number of carbonyl (C=O) groups is 1. The smallest absolute Gasteiger partial charge is 0.277 e. The first-order chi connectivity index (χ1) is 12.4. The summed E-state index contributed by atoms with van der Waals surface area (Å²) in [5.41, 5.74) is 4.06. The fraction of sp³-hybridized carbons (Fsp3) is 0.250. The molecule has 3 rings (SSSR count). The SMILES string of the molecule is Cc1cc(C)cc(-c2nnc(S[C@H](C(=O)N(C)C)c3ccccc3)o2)c1. The van der Waals surface area contributed by atoms with Crippen LogP contribution in [0.3, 0.4) is 0 Å². The summed E-state index contributed by atoms with van der Waals surface area (Å²) in [5.74, 6) is 0.441. The molecule has 1 atom stereocenters. The molecule has 26 heavy (non-hydrogen) atoms. The lowest BCUT2D eigenvalue weighted by Gasteiger charge is -2.18. The Balaban J connectivity index is 1.88. The molecule has 0 aliphatic rings. The Morgan fingerprint density at radius 1 is 1.04 bits per heavy atom. The molecule has 134 valence electrons. The zero-order valence-corrected chi connectivity index (χ0v) is 16.1. The third-order valence-electron chi connectivity index (χ3n) is 3.86. The monoisotopic (exact) mass is 367 g/mol. The van der Waals surface area contributed by atoms with E-state index in [2.05, 4.69) is 16.3 Å². The van der Waals surface area contributed by atoms with Crippen LogP contribution >= 0.6 is 11.8 Å². The zero-order valence-electron chi connectivity index (χ0n) is 15.3. The Labute approximate surface area is 157 Å². The second-order valence-electron chi connectivity index (χ2n) is 6.39. The molecule has 2 aromatic carbocycles. The van der Waals surface area contributed by atoms with Gasteiger partial charge in [-0.05, 0) is 43.3 Å². The average Bonchev–Trinajstić information content (AvgIpc) is 3.08. The molecule has 1 heterocycles. The summed E-state index contributed by atoms with van der Waals surface area (Å²) in [6, 6.07) is 15.7. The molecule has 0 aliphatic carbocycles. The van der Waals surface area contributed by atoms with E-state index in [-0.39, 0.29) is 5.91 Å². The summed E-state index contributed by atoms with van der Waals surface area (Å²) >= 11 is 1.27. The quantitative estimate of drug-likeness (QED) is 0.630. The van der Waals surface area contributed by atoms with Gasteiger partial charge in [0.25, 0.3) is 5.22 Å². The third-order valence-corrected chi connectivity index (χ3v) is 4.94. The number of nitrogens with zero attached hydrogens (tertiary/aromatic N) is 3. The van der Waals surface area contributed by atoms with Crippen molar-refractivity contribution in [1.82, 2.24) is 15.1 Å². The number of aromatic nitrogens is 2. The highest BCUT2D eigenvalue weighted by molar-refractivity contribution is 8.00. The molecule has 0 saturated carbocycles. The predicted octanol–water partition coefficient (Wildman–Crippen LogP) is 4.28. The highest BCUT2D eigenvalue weighted by Crippen LogP contribution is 2.36. The molecule has 0 aliphatic heterocycles. The van der Waals surface area contributed by atoms with E-state index >= 15 is 0 Å². The number of amides is 1. The van der Waals surface area contributed by atoms with Gasteiger partial charge in [-0.15, -0.1) is 10.2 Å². The lowest BCUT2D eigenvalue weighted by atomic mass is 10.1. The molecular weight excluding hydrogens is 346 g/mol. The standard InChI is InChI=1S/C20H21N3O2S/c1-13-10-14(2)12-16(11-13)18-21-22-20(25-18)26-17(19(24)23(3)4)15-8-6-5-7-9-15/h5-12,17H,1-4H3/t17-/m0/s1. The summed E-state index contributed by atoms with van der Waals surface area (Å²) in [4.78, 5) is 14.2. The minimum Gasteiger partial charge on any atom is -0.411 e. The van der Waals surface area contributed by atoms with E-state index in [0.29, 0.717) is 11.1 Å². The molecule has 0 radical (unpaired) electrons. The maximum atomic E-state index is 12.6. The maximum absolute atomic E-state index is 12.6. The van der Waals surface area contributed by atoms with Crippen molar-refractivity contribution in [3.05, 3.63) is 65.2 Å². The molecule has 0 N–H and O–H groups in total. The molecule has 3 aromatic rings. The molecular formula is C20H21N3O2S. The number of likely N-dealkylation sites (N-methyl/N-ethyl adjacent to an activating group) is 1. The van der Waals surface area contributed by atoms with Gasteiger partial charge in [0.05, 0.1) is 0 Å². The van der Waals surface area contributed by atoms with Crippen LogP contribution in [0, 0.1) is 13.8 Å². The van der Waals surface area contributed by atoms with Crippen molar-refractivity contribution in [2.75, 3.05) is 14.1 Å². The van der Waals surface area contributed by atoms with Crippen LogP contribution in [-0.2, 0) is 4.79 Å². The average molecular weight is 367 g/mol. The lowest BCUT2D eigenvalue weighted by molar-refractivity contribution is -0.128. The Kier molecular flexibility index (Phi) is 5.42. The first-order valence-electron chi connectivity index (χ1n) is 8.29. The van der Waals surface area contributed by atoms with Gasteiger partial charge >= 0.3 is 0 Å². The van der Waals surface area contributed by atoms with E-state index in [1.54, 1.807) is 19.0 Å². The number of aryl methyl sites for hydroxylation is 2. The van der Waals surface area contributed by atoms with E-state index in [1.165, 1.54) is 11.8 Å². The van der Waals surface area contributed by atoms with Crippen LogP contribution in [0.25, 0.3) is 11.5 Å². The van der Waals surface area contributed by atoms with E-state index < -0.39 is 5.25 Å². The van der Waals surface area contributed by atoms with E-state index in [9.17, 15) is 4.79 Å². The Morgan fingerprint density at radius 2 is 1.69 bits per heavy atom. The van der Waals surface area contributed by atoms with Crippen molar-refractivity contribution in [1.29, 1.82) is 0 Å². The second kappa shape index (κ2) is 7.74. The number of carbonyl (C=O) groups excluding carboxylic acids is 1. The largest absolute Gasteiger partial charge is 0.411 e. The van der Waals surface area contributed by atoms with E-state index in [1.807, 2.05) is 56.3 Å². The molecule has 0 spiro atoms. The number of thioether (sulfide) groups is 1. The van der Waals surface area contributed by atoms with Crippen molar-refractivity contribution in [2.45, 2.75) is 24.3 Å². The second-order valence-corrected chi connectivity index (χ2v) is 7.45. The van der Waals surface area contributed by atoms with Crippen LogP contribution in [0.4, 0.5) is 0 Å². The van der Waals surface area contributed by atoms with Crippen molar-refractivity contribution in [2.24, 2.45) is 0 Å². The van der Waals surface area contributed by atoms with Crippen LogP contribution in [-0.4, -0.2) is 35.1 Å². The van der Waals surface area contributed by atoms with Crippen LogP contribution in [0.15, 0.2) is 58.2 Å². The first kappa shape index (κ1) is 18.2. The molecule has 0 bridgehead atoms. The highest BCUT2D eigenvalue weighted by Gasteiger charge is 2.26. The topological polar surface area (TPSA) is 59.2 Å². The first-order valence-corrected chi connectivity index (χ1v) is 9.17. The van der Waals surface area contributed by atoms with Gasteiger partial charge in [0, 0.05) is 19.7 Å². The predicted molar refractivity (Wildman–Crippen MR) is 103 cm³/mol. The maximum Gasteiger partial charge on any atom is 0.277 e. The Hall–Kier alpha value is -2.60. The fourth-order valence-corrected chi connectivity index (χ4v) is 3.72. The molecule has 6 heteroatoms. The van der Waals surface area contributed by atoms with Gasteiger partial charge in [0.2, 0.25) is 11.8 Å². The van der Waals surface area contributed by atoms with Crippen LogP contribution in [0.2, 0.25) is 0 Å². The molecule has 1 amide bonds. The van der Waals surface area contributed by atoms with Crippen molar-refractivity contribution < 1.29 is 9.21 Å². The number of benzene rings is 2. The molecule has 0 unspecified atom stereocenters. The van der Waals surface area contributed by atoms with Crippen molar-refractivity contribution >= 4 is 17.7 Å². The minimum atomic E-state index is -0.432. The summed E-state index contributed by atoms with van der Waals surface area (Å²) < 4.78 is 5.83. The van der Waals surface area contributed by atoms with E-state index in [0.717, 1.165) is 22.3 Å². The van der Waals surface area contributed by atoms with Gasteiger partial charge in [-0.3, -0.25) is 4.79 Å². The van der Waals surface area contributed by atoms with Gasteiger partial charge in [-0.25, -0.2) is 0 Å². The van der Waals surface area contributed by atoms with Crippen molar-refractivity contribution in [3.8, 4) is 11.5 Å². The van der Waals surface area contributed by atoms with Gasteiger partial charge in [-0.1, -0.05) is 47.5 Å². The van der Waals surface area contributed by atoms with Gasteiger partial charge in [0.15, 0.2) is 0 Å². The van der Waals surface area contributed by atoms with Gasteiger partial charge in [-0.2, -0.15) is 0 Å². The third kappa shape index (κ3) is 4.14. The number of hydrogen-bond acceptors (Lipinski definition) is 5. The van der Waals surface area contributed by atoms with Crippen molar-refractivity contribution in [3.63, 3.8) is 0 Å². The summed E-state index contributed by atoms with van der Waals surface area (Å²) in [7, 11) is 3.49. The summed E-state index contributed by atoms with van der Waals surface area (Å²) in [6.45, 7) is 4.06. The van der Waals surface area contributed by atoms with Crippen LogP contribution < -0.4 is 0 Å². The molecule has 0 saturated heterocycles. The molecule has 5 nitrogen and oxygen atoms in total. The molecule has 1 aromatic heterocycles. The zero-order chi connectivity index (χ0) is 18.7. The fourth-order valence-electron chi connectivity index (χ4n) is 2.70. The van der Waals surface area contributed by atoms with Crippen LogP contribution in [0.5, 0.6) is 0 Å². The number of rotatable bonds is 5. The van der Waals surface area contributed by atoms with Gasteiger partial charge < -0.3 is 9.32 Å². The lowest BCUT2D eigenvalue weighted by Crippen LogP contribution is -2.26. The normalized spacial score (nSPS) is 12.0. The van der Waals surface area contributed by atoms with Crippen LogP contribution in [0.1, 0.15) is 21.9 Å². The number of hydrogen-bond donors (Lipinski definition) is 0. The van der Waals surface area contributed by atoms with Gasteiger partial charge in [0.1, 0.15) is 5.25 Å². The Morgan fingerprint density at radius 3 is 2.31 bits per heavy atom. The highest BCUT2D eigenvalue weighted by atomic mass is 32.2. The summed E-state index contributed by atoms with van der Waals surface area (Å²) in [6.07, 6.45) is 0. The minimum absolute atomic E-state index is 0.0210. The Bertz CT molecular complexity index is 886. The molecule has 0 fully saturated rings. The van der Waals surface area contributed by atoms with E-state index in [4.69, 9.17) is 4.42 Å².